The molecule has 1 heterocycles. The van der Waals surface area contributed by atoms with Crippen LogP contribution in [0.3, 0.4) is 0 Å². The van der Waals surface area contributed by atoms with E-state index in [9.17, 15) is 4.79 Å². The molecule has 0 aliphatic carbocycles. The van der Waals surface area contributed by atoms with Gasteiger partial charge >= 0.3 is 0 Å². The first-order valence-electron chi connectivity index (χ1n) is 5.28. The van der Waals surface area contributed by atoms with Crippen molar-refractivity contribution < 1.29 is 4.79 Å². The highest BCUT2D eigenvalue weighted by atomic mass is 16.1. The fourth-order valence-corrected chi connectivity index (χ4v) is 1.42. The molecule has 0 atom stereocenters. The molecule has 2 rings (SSSR count). The molecule has 4 nitrogen and oxygen atoms in total. The summed E-state index contributed by atoms with van der Waals surface area (Å²) in [5.74, 6) is 2.20. The van der Waals surface area contributed by atoms with Crippen molar-refractivity contribution in [3.63, 3.8) is 0 Å². The van der Waals surface area contributed by atoms with Crippen LogP contribution in [0.5, 0.6) is 0 Å². The largest absolute Gasteiger partial charge is 0.397 e. The van der Waals surface area contributed by atoms with Gasteiger partial charge in [0, 0.05) is 11.3 Å². The summed E-state index contributed by atoms with van der Waals surface area (Å²) in [7, 11) is 0. The van der Waals surface area contributed by atoms with Crippen molar-refractivity contribution in [2.45, 2.75) is 0 Å². The molecule has 0 fully saturated rings. The van der Waals surface area contributed by atoms with Gasteiger partial charge in [-0.05, 0) is 30.3 Å². The first-order valence-corrected chi connectivity index (χ1v) is 5.28. The van der Waals surface area contributed by atoms with Crippen LogP contribution in [0.1, 0.15) is 16.1 Å². The molecule has 1 amide bonds. The Labute approximate surface area is 105 Å². The van der Waals surface area contributed by atoms with Gasteiger partial charge in [-0.25, -0.2) is 4.98 Å². The number of anilines is 2. The number of carbonyl (C=O) groups is 1. The molecular weight excluding hydrogens is 226 g/mol. The highest BCUT2D eigenvalue weighted by Gasteiger charge is 2.07. The third kappa shape index (κ3) is 2.66. The number of pyridine rings is 1. The zero-order valence-electron chi connectivity index (χ0n) is 9.55. The van der Waals surface area contributed by atoms with Gasteiger partial charge < -0.3 is 11.1 Å². The van der Waals surface area contributed by atoms with E-state index >= 15 is 0 Å². The van der Waals surface area contributed by atoms with Crippen LogP contribution in [-0.2, 0) is 0 Å². The van der Waals surface area contributed by atoms with E-state index in [0.29, 0.717) is 22.6 Å². The van der Waals surface area contributed by atoms with Crippen molar-refractivity contribution in [1.82, 2.24) is 4.98 Å². The second kappa shape index (κ2) is 5.02. The van der Waals surface area contributed by atoms with Crippen molar-refractivity contribution in [1.29, 1.82) is 0 Å². The number of nitrogens with zero attached hydrogens (tertiary/aromatic N) is 1. The van der Waals surface area contributed by atoms with Gasteiger partial charge in [0.25, 0.3) is 5.91 Å². The van der Waals surface area contributed by atoms with Gasteiger partial charge in [0.2, 0.25) is 0 Å². The molecule has 2 aromatic rings. The van der Waals surface area contributed by atoms with Crippen molar-refractivity contribution in [2.75, 3.05) is 11.1 Å². The standard InChI is InChI=1S/C14H11N3O/c1-2-10-4-3-5-12(8-10)17-14(18)13-7-6-11(15)9-16-13/h1,3-9H,15H2,(H,17,18). The summed E-state index contributed by atoms with van der Waals surface area (Å²) in [5.41, 5.74) is 7.66. The molecule has 0 bridgehead atoms. The smallest absolute Gasteiger partial charge is 0.274 e. The molecule has 0 radical (unpaired) electrons. The van der Waals surface area contributed by atoms with E-state index < -0.39 is 0 Å². The lowest BCUT2D eigenvalue weighted by molar-refractivity contribution is 0.102. The Kier molecular flexibility index (Phi) is 3.26. The predicted molar refractivity (Wildman–Crippen MR) is 71.0 cm³/mol. The maximum absolute atomic E-state index is 11.9. The van der Waals surface area contributed by atoms with Gasteiger partial charge in [-0.2, -0.15) is 0 Å². The van der Waals surface area contributed by atoms with Crippen molar-refractivity contribution in [2.24, 2.45) is 0 Å². The minimum absolute atomic E-state index is 0.301. The number of nitrogens with one attached hydrogen (secondary N) is 1. The van der Waals surface area contributed by atoms with Gasteiger partial charge in [0.05, 0.1) is 11.9 Å². The van der Waals surface area contributed by atoms with Crippen LogP contribution in [0.25, 0.3) is 0 Å². The number of hydrogen-bond acceptors (Lipinski definition) is 3. The first kappa shape index (κ1) is 11.7. The molecule has 18 heavy (non-hydrogen) atoms. The summed E-state index contributed by atoms with van der Waals surface area (Å²) in [5, 5.41) is 2.71. The minimum Gasteiger partial charge on any atom is -0.397 e. The van der Waals surface area contributed by atoms with Gasteiger partial charge in [-0.15, -0.1) is 6.42 Å². The summed E-state index contributed by atoms with van der Waals surface area (Å²) >= 11 is 0. The summed E-state index contributed by atoms with van der Waals surface area (Å²) in [6, 6.07) is 10.2. The van der Waals surface area contributed by atoms with E-state index in [-0.39, 0.29) is 5.91 Å². The lowest BCUT2D eigenvalue weighted by atomic mass is 10.2. The lowest BCUT2D eigenvalue weighted by Gasteiger charge is -2.05. The number of carbonyl (C=O) groups excluding carboxylic acids is 1. The summed E-state index contributed by atoms with van der Waals surface area (Å²) in [6.45, 7) is 0. The fraction of sp³-hybridized carbons (Fsp3) is 0. The van der Waals surface area contributed by atoms with Gasteiger partial charge in [-0.3, -0.25) is 4.79 Å². The number of nitrogens with two attached hydrogens (primary N) is 1. The predicted octanol–water partition coefficient (Wildman–Crippen LogP) is 1.90. The molecule has 1 aromatic heterocycles. The Balaban J connectivity index is 2.16. The molecule has 0 unspecified atom stereocenters. The van der Waals surface area contributed by atoms with Crippen LogP contribution in [0, 0.1) is 12.3 Å². The number of benzene rings is 1. The van der Waals surface area contributed by atoms with Crippen LogP contribution >= 0.6 is 0 Å². The fourth-order valence-electron chi connectivity index (χ4n) is 1.42. The number of amides is 1. The van der Waals surface area contributed by atoms with Crippen molar-refractivity contribution in [3.05, 3.63) is 53.9 Å². The molecule has 1 aromatic carbocycles. The molecule has 3 N–H and O–H groups in total. The van der Waals surface area contributed by atoms with Gasteiger partial charge in [-0.1, -0.05) is 12.0 Å². The van der Waals surface area contributed by atoms with E-state index in [1.807, 2.05) is 0 Å². The average molecular weight is 237 g/mol. The Morgan fingerprint density at radius 2 is 2.17 bits per heavy atom. The van der Waals surface area contributed by atoms with Crippen LogP contribution in [0.2, 0.25) is 0 Å². The number of aromatic nitrogens is 1. The minimum atomic E-state index is -0.302. The Morgan fingerprint density at radius 3 is 2.83 bits per heavy atom. The maximum Gasteiger partial charge on any atom is 0.274 e. The highest BCUT2D eigenvalue weighted by molar-refractivity contribution is 6.03. The Morgan fingerprint density at radius 1 is 1.33 bits per heavy atom. The third-order valence-electron chi connectivity index (χ3n) is 2.31. The molecule has 0 saturated heterocycles. The Bertz CT molecular complexity index is 612. The van der Waals surface area contributed by atoms with Gasteiger partial charge in [0.15, 0.2) is 0 Å². The van der Waals surface area contributed by atoms with E-state index in [1.165, 1.54) is 6.20 Å². The van der Waals surface area contributed by atoms with Crippen molar-refractivity contribution in [3.8, 4) is 12.3 Å². The quantitative estimate of drug-likeness (QED) is 0.784. The number of rotatable bonds is 2. The lowest BCUT2D eigenvalue weighted by Crippen LogP contribution is -2.13. The molecule has 0 saturated carbocycles. The second-order valence-electron chi connectivity index (χ2n) is 3.66. The summed E-state index contributed by atoms with van der Waals surface area (Å²) in [4.78, 5) is 15.8. The van der Waals surface area contributed by atoms with E-state index in [0.717, 1.165) is 0 Å². The van der Waals surface area contributed by atoms with Crippen LogP contribution in [-0.4, -0.2) is 10.9 Å². The Hall–Kier alpha value is -2.80. The first-order chi connectivity index (χ1) is 8.69. The summed E-state index contributed by atoms with van der Waals surface area (Å²) in [6.07, 6.45) is 6.73. The van der Waals surface area contributed by atoms with Crippen LogP contribution < -0.4 is 11.1 Å². The SMILES string of the molecule is C#Cc1cccc(NC(=O)c2ccc(N)cn2)c1. The van der Waals surface area contributed by atoms with Crippen LogP contribution in [0.4, 0.5) is 11.4 Å². The van der Waals surface area contributed by atoms with Gasteiger partial charge in [0.1, 0.15) is 5.69 Å². The summed E-state index contributed by atoms with van der Waals surface area (Å²) < 4.78 is 0. The number of terminal acetylenes is 1. The average Bonchev–Trinajstić information content (AvgIpc) is 2.39. The maximum atomic E-state index is 11.9. The highest BCUT2D eigenvalue weighted by Crippen LogP contribution is 2.11. The van der Waals surface area contributed by atoms with E-state index in [2.05, 4.69) is 16.2 Å². The molecular formula is C14H11N3O. The van der Waals surface area contributed by atoms with Crippen molar-refractivity contribution >= 4 is 17.3 Å². The molecule has 0 aliphatic heterocycles. The molecule has 0 spiro atoms. The molecule has 4 heteroatoms. The number of nitrogen functional groups attached to an aromatic ring is 1. The number of hydrogen-bond donors (Lipinski definition) is 2. The zero-order valence-corrected chi connectivity index (χ0v) is 9.55. The van der Waals surface area contributed by atoms with E-state index in [1.54, 1.807) is 36.4 Å². The van der Waals surface area contributed by atoms with Crippen LogP contribution in [0.15, 0.2) is 42.6 Å². The zero-order chi connectivity index (χ0) is 13.0. The third-order valence-corrected chi connectivity index (χ3v) is 2.31. The normalized spacial score (nSPS) is 9.50. The topological polar surface area (TPSA) is 68.0 Å². The molecule has 0 aliphatic rings. The molecule has 88 valence electrons. The van der Waals surface area contributed by atoms with E-state index in [4.69, 9.17) is 12.2 Å². The second-order valence-corrected chi connectivity index (χ2v) is 3.66. The monoisotopic (exact) mass is 237 g/mol.